The molecule has 0 saturated carbocycles. The van der Waals surface area contributed by atoms with E-state index in [-0.39, 0.29) is 11.2 Å². The summed E-state index contributed by atoms with van der Waals surface area (Å²) < 4.78 is 9.88. The zero-order valence-corrected chi connectivity index (χ0v) is 18.3. The Balaban J connectivity index is -0.0000000986. The van der Waals surface area contributed by atoms with Crippen LogP contribution in [-0.2, 0) is 9.47 Å². The quantitative estimate of drug-likeness (QED) is 0.524. The van der Waals surface area contributed by atoms with Crippen molar-refractivity contribution in [3.8, 4) is 0 Å². The monoisotopic (exact) mass is 354 g/mol. The Morgan fingerprint density at radius 1 is 0.682 bits per heavy atom. The van der Waals surface area contributed by atoms with E-state index in [0.29, 0.717) is 0 Å². The van der Waals surface area contributed by atoms with Crippen LogP contribution < -0.4 is 0 Å². The first-order valence-electron chi connectivity index (χ1n) is 6.92. The number of rotatable bonds is 2. The van der Waals surface area contributed by atoms with Gasteiger partial charge in [-0.2, -0.15) is 0 Å². The summed E-state index contributed by atoms with van der Waals surface area (Å²) in [5.74, 6) is 0. The van der Waals surface area contributed by atoms with Crippen LogP contribution in [0.15, 0.2) is 9.98 Å². The van der Waals surface area contributed by atoms with E-state index in [1.807, 2.05) is 54.1 Å². The van der Waals surface area contributed by atoms with Crippen molar-refractivity contribution in [1.29, 1.82) is 0 Å². The minimum atomic E-state index is 0.0417. The van der Waals surface area contributed by atoms with Crippen LogP contribution in [0.25, 0.3) is 0 Å². The highest BCUT2D eigenvalue weighted by Crippen LogP contribution is 2.02. The summed E-state index contributed by atoms with van der Waals surface area (Å²) in [5.41, 5.74) is 3.67. The van der Waals surface area contributed by atoms with E-state index in [1.54, 1.807) is 62.9 Å². The van der Waals surface area contributed by atoms with Crippen molar-refractivity contribution in [3.63, 3.8) is 0 Å². The number of hydrogen-bond acceptors (Lipinski definition) is 6. The molecule has 0 aliphatic heterocycles. The molecular weight excluding hydrogens is 316 g/mol. The van der Waals surface area contributed by atoms with Crippen molar-refractivity contribution in [1.82, 2.24) is 0 Å². The molecule has 0 aromatic rings. The SMILES string of the molecule is CN=CSC.CN=CSC.COC(C)(C)C.COC(C)(C)C. The van der Waals surface area contributed by atoms with E-state index in [1.165, 1.54) is 0 Å². The van der Waals surface area contributed by atoms with E-state index in [4.69, 9.17) is 9.47 Å². The minimum absolute atomic E-state index is 0.0417. The van der Waals surface area contributed by atoms with Gasteiger partial charge in [0.2, 0.25) is 0 Å². The largest absolute Gasteiger partial charge is 0.379 e. The van der Waals surface area contributed by atoms with Gasteiger partial charge in [-0.25, -0.2) is 0 Å². The Morgan fingerprint density at radius 3 is 0.864 bits per heavy atom. The molecule has 6 heteroatoms. The molecule has 0 atom stereocenters. The van der Waals surface area contributed by atoms with Gasteiger partial charge in [-0.15, -0.1) is 23.5 Å². The van der Waals surface area contributed by atoms with E-state index in [0.717, 1.165) is 0 Å². The Hall–Kier alpha value is -0.0400. The van der Waals surface area contributed by atoms with Gasteiger partial charge in [0.1, 0.15) is 0 Å². The second-order valence-electron chi connectivity index (χ2n) is 5.83. The Labute approximate surface area is 147 Å². The third kappa shape index (κ3) is 72.3. The zero-order valence-electron chi connectivity index (χ0n) is 16.7. The first kappa shape index (κ1) is 29.9. The lowest BCUT2D eigenvalue weighted by molar-refractivity contribution is 0.0394. The van der Waals surface area contributed by atoms with Crippen LogP contribution in [0.4, 0.5) is 0 Å². The molecule has 0 saturated heterocycles. The van der Waals surface area contributed by atoms with E-state index in [9.17, 15) is 0 Å². The number of ether oxygens (including phenoxy) is 2. The fourth-order valence-corrected chi connectivity index (χ4v) is 0.632. The van der Waals surface area contributed by atoms with Crippen molar-refractivity contribution in [2.45, 2.75) is 52.7 Å². The molecule has 0 amide bonds. The average molecular weight is 355 g/mol. The molecule has 0 N–H and O–H groups in total. The van der Waals surface area contributed by atoms with Crippen LogP contribution in [0, 0.1) is 0 Å². The lowest BCUT2D eigenvalue weighted by atomic mass is 10.2. The third-order valence-electron chi connectivity index (χ3n) is 1.65. The number of aliphatic imine (C=N–C) groups is 2. The molecule has 0 aromatic heterocycles. The topological polar surface area (TPSA) is 43.2 Å². The van der Waals surface area contributed by atoms with Gasteiger partial charge < -0.3 is 9.47 Å². The molecule has 0 spiro atoms. The normalized spacial score (nSPS) is 11.1. The van der Waals surface area contributed by atoms with Gasteiger partial charge in [0, 0.05) is 28.3 Å². The average Bonchev–Trinajstić information content (AvgIpc) is 2.41. The molecule has 0 radical (unpaired) electrons. The van der Waals surface area contributed by atoms with E-state index >= 15 is 0 Å². The van der Waals surface area contributed by atoms with Gasteiger partial charge in [0.05, 0.1) is 22.3 Å². The molecular formula is C16H38N2O2S2. The summed E-state index contributed by atoms with van der Waals surface area (Å²) >= 11 is 3.22. The van der Waals surface area contributed by atoms with E-state index < -0.39 is 0 Å². The third-order valence-corrected chi connectivity index (χ3v) is 2.49. The van der Waals surface area contributed by atoms with Crippen LogP contribution in [0.3, 0.4) is 0 Å². The summed E-state index contributed by atoms with van der Waals surface area (Å²) in [4.78, 5) is 7.38. The molecule has 0 aliphatic rings. The summed E-state index contributed by atoms with van der Waals surface area (Å²) in [6.45, 7) is 12.1. The maximum atomic E-state index is 4.94. The molecule has 22 heavy (non-hydrogen) atoms. The molecule has 0 heterocycles. The maximum Gasteiger partial charge on any atom is 0.0594 e. The van der Waals surface area contributed by atoms with Gasteiger partial charge in [0.15, 0.2) is 0 Å². The standard InChI is InChI=1S/2C5H12O.2C3H7NS/c2*1-5(2,3)6-4;2*1-4-3-5-2/h2*1-4H3;2*3H,1-2H3. The summed E-state index contributed by atoms with van der Waals surface area (Å²) in [6, 6.07) is 0. The van der Waals surface area contributed by atoms with Crippen LogP contribution >= 0.6 is 23.5 Å². The van der Waals surface area contributed by atoms with Gasteiger partial charge in [-0.05, 0) is 54.1 Å². The Bertz CT molecular complexity index is 220. The number of thioether (sulfide) groups is 2. The highest BCUT2D eigenvalue weighted by molar-refractivity contribution is 8.11. The summed E-state index contributed by atoms with van der Waals surface area (Å²) in [7, 11) is 6.94. The predicted octanol–water partition coefficient (Wildman–Crippen LogP) is 4.88. The molecule has 0 fully saturated rings. The summed E-state index contributed by atoms with van der Waals surface area (Å²) in [5, 5.41) is 0. The van der Waals surface area contributed by atoms with Gasteiger partial charge >= 0.3 is 0 Å². The molecule has 0 bridgehead atoms. The Morgan fingerprint density at radius 2 is 0.864 bits per heavy atom. The first-order valence-corrected chi connectivity index (χ1v) is 9.50. The van der Waals surface area contributed by atoms with Gasteiger partial charge in [-0.3, -0.25) is 9.98 Å². The maximum absolute atomic E-state index is 4.94. The van der Waals surface area contributed by atoms with E-state index in [2.05, 4.69) is 9.98 Å². The van der Waals surface area contributed by atoms with Crippen LogP contribution in [0.5, 0.6) is 0 Å². The molecule has 0 rings (SSSR count). The lowest BCUT2D eigenvalue weighted by Gasteiger charge is -2.14. The predicted molar refractivity (Wildman–Crippen MR) is 109 cm³/mol. The van der Waals surface area contributed by atoms with Crippen molar-refractivity contribution >= 4 is 34.6 Å². The lowest BCUT2D eigenvalue weighted by Crippen LogP contribution is -2.15. The molecule has 136 valence electrons. The minimum Gasteiger partial charge on any atom is -0.379 e. The van der Waals surface area contributed by atoms with Crippen molar-refractivity contribution in [3.05, 3.63) is 0 Å². The highest BCUT2D eigenvalue weighted by Gasteiger charge is 2.04. The second kappa shape index (κ2) is 21.0. The van der Waals surface area contributed by atoms with Crippen LogP contribution in [0.1, 0.15) is 41.5 Å². The molecule has 0 unspecified atom stereocenters. The smallest absolute Gasteiger partial charge is 0.0594 e. The van der Waals surface area contributed by atoms with Crippen LogP contribution in [0.2, 0.25) is 0 Å². The Kier molecular flexibility index (Phi) is 28.5. The molecule has 0 aromatic carbocycles. The highest BCUT2D eigenvalue weighted by atomic mass is 32.2. The van der Waals surface area contributed by atoms with Crippen molar-refractivity contribution < 1.29 is 9.47 Å². The molecule has 4 nitrogen and oxygen atoms in total. The van der Waals surface area contributed by atoms with Gasteiger partial charge in [-0.1, -0.05) is 0 Å². The number of hydrogen-bond donors (Lipinski definition) is 0. The van der Waals surface area contributed by atoms with Gasteiger partial charge in [0.25, 0.3) is 0 Å². The summed E-state index contributed by atoms with van der Waals surface area (Å²) in [6.07, 6.45) is 3.96. The fraction of sp³-hybridized carbons (Fsp3) is 0.875. The zero-order chi connectivity index (χ0) is 18.7. The number of methoxy groups -OCH3 is 2. The second-order valence-corrected chi connectivity index (χ2v) is 7.20. The van der Waals surface area contributed by atoms with Crippen molar-refractivity contribution in [2.75, 3.05) is 40.8 Å². The number of nitrogens with zero attached hydrogens (tertiary/aromatic N) is 2. The van der Waals surface area contributed by atoms with Crippen LogP contribution in [-0.4, -0.2) is 63.1 Å². The van der Waals surface area contributed by atoms with Crippen molar-refractivity contribution in [2.24, 2.45) is 9.98 Å². The first-order chi connectivity index (χ1) is 9.95. The fourth-order valence-electron chi connectivity index (χ4n) is 0.211. The molecule has 0 aliphatic carbocycles.